The Labute approximate surface area is 215 Å². The Morgan fingerprint density at radius 2 is 1.67 bits per heavy atom. The van der Waals surface area contributed by atoms with Crippen LogP contribution in [0.5, 0.6) is 0 Å². The van der Waals surface area contributed by atoms with E-state index in [1.54, 1.807) is 0 Å². The highest BCUT2D eigenvalue weighted by Gasteiger charge is 2.15. The number of esters is 1. The largest absolute Gasteiger partial charge is 0.461 e. The normalized spacial score (nSPS) is 11.3. The number of ether oxygens (including phenoxy) is 2. The highest BCUT2D eigenvalue weighted by Crippen LogP contribution is 2.22. The molecule has 0 aliphatic heterocycles. The first kappa shape index (κ1) is 29.5. The van der Waals surface area contributed by atoms with Gasteiger partial charge in [0.1, 0.15) is 22.8 Å². The number of halogens is 1. The van der Waals surface area contributed by atoms with Gasteiger partial charge in [-0.25, -0.2) is 4.39 Å². The average molecular weight is 500 g/mol. The van der Waals surface area contributed by atoms with E-state index in [9.17, 15) is 9.18 Å². The van der Waals surface area contributed by atoms with Crippen LogP contribution < -0.4 is 5.32 Å². The lowest BCUT2D eigenvalue weighted by molar-refractivity contribution is -0.154. The van der Waals surface area contributed by atoms with Gasteiger partial charge in [0.25, 0.3) is 0 Å². The van der Waals surface area contributed by atoms with Gasteiger partial charge in [-0.05, 0) is 75.4 Å². The topological polar surface area (TPSA) is 60.7 Å². The molecule has 0 saturated carbocycles. The molecule has 5 nitrogen and oxygen atoms in total. The van der Waals surface area contributed by atoms with Gasteiger partial charge in [-0.15, -0.1) is 0 Å². The Bertz CT molecular complexity index is 1040. The van der Waals surface area contributed by atoms with Crippen molar-refractivity contribution in [3.8, 4) is 0 Å². The fraction of sp³-hybridized carbons (Fsp3) is 0.500. The lowest BCUT2D eigenvalue weighted by Crippen LogP contribution is -2.23. The summed E-state index contributed by atoms with van der Waals surface area (Å²) in [4.78, 5) is 11.7. The molecule has 36 heavy (non-hydrogen) atoms. The third-order valence-corrected chi connectivity index (χ3v) is 5.30. The van der Waals surface area contributed by atoms with Crippen molar-refractivity contribution >= 4 is 16.9 Å². The Balaban J connectivity index is 0.00000222. The van der Waals surface area contributed by atoms with E-state index in [4.69, 9.17) is 13.9 Å². The summed E-state index contributed by atoms with van der Waals surface area (Å²) in [6.07, 6.45) is 3.65. The van der Waals surface area contributed by atoms with Gasteiger partial charge in [0.2, 0.25) is 0 Å². The number of aryl methyl sites for hydroxylation is 2. The van der Waals surface area contributed by atoms with Gasteiger partial charge in [0, 0.05) is 37.9 Å². The van der Waals surface area contributed by atoms with Gasteiger partial charge in [-0.1, -0.05) is 38.1 Å². The van der Waals surface area contributed by atoms with Crippen molar-refractivity contribution in [3.05, 3.63) is 71.2 Å². The van der Waals surface area contributed by atoms with Gasteiger partial charge in [0.05, 0.1) is 6.61 Å². The molecule has 3 rings (SSSR count). The summed E-state index contributed by atoms with van der Waals surface area (Å²) < 4.78 is 30.0. The summed E-state index contributed by atoms with van der Waals surface area (Å²) in [5.74, 6) is 0.572. The number of furan rings is 1. The monoisotopic (exact) mass is 499 g/mol. The molecule has 1 heterocycles. The van der Waals surface area contributed by atoms with E-state index in [2.05, 4.69) is 29.6 Å². The molecule has 0 spiro atoms. The minimum Gasteiger partial charge on any atom is -0.461 e. The zero-order valence-electron chi connectivity index (χ0n) is 22.5. The first-order valence-corrected chi connectivity index (χ1v) is 13.0. The second-order valence-corrected chi connectivity index (χ2v) is 9.54. The third-order valence-electron chi connectivity index (χ3n) is 5.30. The zero-order valence-corrected chi connectivity index (χ0v) is 22.5. The summed E-state index contributed by atoms with van der Waals surface area (Å²) in [6.45, 7) is 12.4. The van der Waals surface area contributed by atoms with Crippen LogP contribution in [-0.2, 0) is 33.7 Å². The van der Waals surface area contributed by atoms with Crippen LogP contribution >= 0.6 is 0 Å². The molecule has 2 aromatic carbocycles. The Kier molecular flexibility index (Phi) is 12.6. The lowest BCUT2D eigenvalue weighted by Gasteiger charge is -2.19. The summed E-state index contributed by atoms with van der Waals surface area (Å²) >= 11 is 0. The van der Waals surface area contributed by atoms with Crippen molar-refractivity contribution in [2.24, 2.45) is 0 Å². The molecule has 0 aliphatic rings. The molecule has 0 aliphatic carbocycles. The molecule has 0 fully saturated rings. The van der Waals surface area contributed by atoms with E-state index in [-0.39, 0.29) is 11.8 Å². The maximum absolute atomic E-state index is 13.0. The highest BCUT2D eigenvalue weighted by molar-refractivity contribution is 5.78. The number of benzene rings is 2. The second-order valence-electron chi connectivity index (χ2n) is 9.54. The summed E-state index contributed by atoms with van der Waals surface area (Å²) in [5, 5.41) is 4.48. The van der Waals surface area contributed by atoms with Crippen molar-refractivity contribution in [1.82, 2.24) is 5.32 Å². The molecule has 0 atom stereocenters. The van der Waals surface area contributed by atoms with Gasteiger partial charge in [-0.2, -0.15) is 0 Å². The standard InChI is InChI=1S/C28H36FNO4.C2H6/c1-28(2,3)34-27(31)6-4-5-16-32-17-15-30-20-22-7-11-23-19-25(33-26(23)18-22)14-10-21-8-12-24(29)13-9-21;1-2/h7-9,11-13,18-19,30H,4-6,10,14-17,20H2,1-3H3;1-2H3. The van der Waals surface area contributed by atoms with Crippen LogP contribution in [0.2, 0.25) is 0 Å². The SMILES string of the molecule is CC.CC(C)(C)OC(=O)CCCCOCCNCc1ccc2cc(CCc3ccc(F)cc3)oc2c1. The van der Waals surface area contributed by atoms with Crippen LogP contribution in [0.25, 0.3) is 11.0 Å². The molecular weight excluding hydrogens is 457 g/mol. The molecule has 3 aromatic rings. The minimum absolute atomic E-state index is 0.150. The van der Waals surface area contributed by atoms with Crippen LogP contribution in [0.4, 0.5) is 4.39 Å². The number of unbranched alkanes of at least 4 members (excludes halogenated alkanes) is 1. The quantitative estimate of drug-likeness (QED) is 0.203. The Morgan fingerprint density at radius 1 is 0.944 bits per heavy atom. The second kappa shape index (κ2) is 15.4. The minimum atomic E-state index is -0.422. The first-order chi connectivity index (χ1) is 17.3. The summed E-state index contributed by atoms with van der Waals surface area (Å²) in [7, 11) is 0. The first-order valence-electron chi connectivity index (χ1n) is 13.0. The van der Waals surface area contributed by atoms with Crippen LogP contribution in [-0.4, -0.2) is 31.3 Å². The number of rotatable bonds is 13. The molecule has 0 amide bonds. The Hall–Kier alpha value is -2.70. The maximum atomic E-state index is 13.0. The number of nitrogens with one attached hydrogen (secondary N) is 1. The molecular formula is C30H42FNO4. The van der Waals surface area contributed by atoms with Gasteiger partial charge >= 0.3 is 5.97 Å². The number of carbonyl (C=O) groups is 1. The molecule has 0 saturated heterocycles. The summed E-state index contributed by atoms with van der Waals surface area (Å²) in [6, 6.07) is 14.9. The maximum Gasteiger partial charge on any atom is 0.306 e. The van der Waals surface area contributed by atoms with E-state index < -0.39 is 5.60 Å². The zero-order chi connectivity index (χ0) is 26.4. The number of hydrogen-bond acceptors (Lipinski definition) is 5. The highest BCUT2D eigenvalue weighted by atomic mass is 19.1. The van der Waals surface area contributed by atoms with Crippen LogP contribution in [0.1, 0.15) is 70.8 Å². The van der Waals surface area contributed by atoms with Crippen LogP contribution in [0, 0.1) is 5.82 Å². The fourth-order valence-electron chi connectivity index (χ4n) is 3.63. The van der Waals surface area contributed by atoms with E-state index in [0.29, 0.717) is 19.6 Å². The van der Waals surface area contributed by atoms with Crippen molar-refractivity contribution in [3.63, 3.8) is 0 Å². The van der Waals surface area contributed by atoms with Gasteiger partial charge < -0.3 is 19.2 Å². The van der Waals surface area contributed by atoms with Crippen molar-refractivity contribution in [2.45, 2.75) is 78.9 Å². The molecule has 0 bridgehead atoms. The van der Waals surface area contributed by atoms with Crippen molar-refractivity contribution in [1.29, 1.82) is 0 Å². The molecule has 0 unspecified atom stereocenters. The number of carbonyl (C=O) groups excluding carboxylic acids is 1. The molecule has 198 valence electrons. The van der Waals surface area contributed by atoms with Crippen molar-refractivity contribution in [2.75, 3.05) is 19.8 Å². The summed E-state index contributed by atoms with van der Waals surface area (Å²) in [5.41, 5.74) is 2.71. The average Bonchev–Trinajstić information content (AvgIpc) is 3.25. The fourth-order valence-corrected chi connectivity index (χ4v) is 3.63. The number of hydrogen-bond donors (Lipinski definition) is 1. The van der Waals surface area contributed by atoms with E-state index in [1.807, 2.05) is 46.8 Å². The predicted molar refractivity (Wildman–Crippen MR) is 144 cm³/mol. The Morgan fingerprint density at radius 3 is 2.39 bits per heavy atom. The van der Waals surface area contributed by atoms with E-state index in [0.717, 1.165) is 66.6 Å². The van der Waals surface area contributed by atoms with E-state index >= 15 is 0 Å². The van der Waals surface area contributed by atoms with Crippen molar-refractivity contribution < 1.29 is 23.1 Å². The molecule has 6 heteroatoms. The lowest BCUT2D eigenvalue weighted by atomic mass is 10.1. The van der Waals surface area contributed by atoms with E-state index in [1.165, 1.54) is 12.1 Å². The molecule has 1 N–H and O–H groups in total. The smallest absolute Gasteiger partial charge is 0.306 e. The number of fused-ring (bicyclic) bond motifs is 1. The van der Waals surface area contributed by atoms with Gasteiger partial charge in [-0.3, -0.25) is 4.79 Å². The van der Waals surface area contributed by atoms with Crippen LogP contribution in [0.15, 0.2) is 52.9 Å². The molecule has 1 aromatic heterocycles. The van der Waals surface area contributed by atoms with Gasteiger partial charge in [0.15, 0.2) is 0 Å². The predicted octanol–water partition coefficient (Wildman–Crippen LogP) is 7.00. The molecule has 0 radical (unpaired) electrons. The van der Waals surface area contributed by atoms with Crippen LogP contribution in [0.3, 0.4) is 0 Å². The third kappa shape index (κ3) is 11.4.